The van der Waals surface area contributed by atoms with E-state index in [2.05, 4.69) is 25.5 Å². The molecule has 0 radical (unpaired) electrons. The number of nitrogens with one attached hydrogen (secondary N) is 2. The minimum atomic E-state index is -0.940. The van der Waals surface area contributed by atoms with Gasteiger partial charge in [-0.15, -0.1) is 0 Å². The topological polar surface area (TPSA) is 104 Å². The number of fused-ring (bicyclic) bond motifs is 1. The Balaban J connectivity index is 1.68. The van der Waals surface area contributed by atoms with Gasteiger partial charge in [0.15, 0.2) is 23.1 Å². The van der Waals surface area contributed by atoms with E-state index >= 15 is 0 Å². The number of carbonyl (C=O) groups is 1. The molecule has 7 nitrogen and oxygen atoms in total. The molecule has 1 saturated carbocycles. The van der Waals surface area contributed by atoms with Gasteiger partial charge >= 0.3 is 5.97 Å². The van der Waals surface area contributed by atoms with Crippen molar-refractivity contribution < 1.29 is 23.1 Å². The van der Waals surface area contributed by atoms with Gasteiger partial charge in [0.1, 0.15) is 11.5 Å². The third-order valence-corrected chi connectivity index (χ3v) is 4.91. The highest BCUT2D eigenvalue weighted by molar-refractivity contribution is 5.89. The summed E-state index contributed by atoms with van der Waals surface area (Å²) in [6.07, 6.45) is 3.21. The van der Waals surface area contributed by atoms with Crippen LogP contribution in [0.25, 0.3) is 22.4 Å². The van der Waals surface area contributed by atoms with Gasteiger partial charge in [-0.2, -0.15) is 5.10 Å². The second kappa shape index (κ2) is 7.10. The molecule has 0 spiro atoms. The van der Waals surface area contributed by atoms with Crippen molar-refractivity contribution in [1.82, 2.24) is 20.2 Å². The van der Waals surface area contributed by atoms with Crippen molar-refractivity contribution in [2.75, 3.05) is 5.32 Å². The number of aromatic amines is 1. The SMILES string of the molecule is O=C(O)[C@@H]1CCC[C@H](Nc2nc(-c3[nH]nc4ncc(F)cc34)c(F)cc2F)C1. The van der Waals surface area contributed by atoms with Crippen LogP contribution in [0.3, 0.4) is 0 Å². The van der Waals surface area contributed by atoms with Crippen molar-refractivity contribution >= 4 is 22.8 Å². The number of aromatic nitrogens is 4. The third kappa shape index (κ3) is 3.37. The lowest BCUT2D eigenvalue weighted by atomic mass is 9.86. The van der Waals surface area contributed by atoms with E-state index in [4.69, 9.17) is 0 Å². The summed E-state index contributed by atoms with van der Waals surface area (Å²) < 4.78 is 42.2. The number of rotatable bonds is 4. The van der Waals surface area contributed by atoms with Gasteiger partial charge in [-0.3, -0.25) is 9.89 Å². The first-order chi connectivity index (χ1) is 13.4. The summed E-state index contributed by atoms with van der Waals surface area (Å²) in [6, 6.07) is 1.52. The average molecular weight is 391 g/mol. The quantitative estimate of drug-likeness (QED) is 0.629. The summed E-state index contributed by atoms with van der Waals surface area (Å²) in [4.78, 5) is 19.0. The molecule has 3 heterocycles. The highest BCUT2D eigenvalue weighted by Gasteiger charge is 2.28. The Labute approximate surface area is 157 Å². The molecular weight excluding hydrogens is 375 g/mol. The van der Waals surface area contributed by atoms with Crippen molar-refractivity contribution in [2.24, 2.45) is 5.92 Å². The van der Waals surface area contributed by atoms with Gasteiger partial charge in [0, 0.05) is 12.1 Å². The molecule has 1 aliphatic rings. The number of H-pyrrole nitrogens is 1. The van der Waals surface area contributed by atoms with E-state index in [1.807, 2.05) is 0 Å². The molecule has 0 unspecified atom stereocenters. The number of hydrogen-bond donors (Lipinski definition) is 3. The Bertz CT molecular complexity index is 1060. The molecule has 2 atom stereocenters. The van der Waals surface area contributed by atoms with Crippen LogP contribution in [0, 0.1) is 23.4 Å². The first-order valence-corrected chi connectivity index (χ1v) is 8.77. The maximum atomic E-state index is 14.4. The van der Waals surface area contributed by atoms with Gasteiger partial charge in [-0.05, 0) is 25.3 Å². The molecule has 10 heteroatoms. The summed E-state index contributed by atoms with van der Waals surface area (Å²) in [7, 11) is 0. The van der Waals surface area contributed by atoms with Crippen LogP contribution in [0.5, 0.6) is 0 Å². The van der Waals surface area contributed by atoms with E-state index < -0.39 is 29.3 Å². The zero-order valence-electron chi connectivity index (χ0n) is 14.5. The number of pyridine rings is 2. The van der Waals surface area contributed by atoms with Crippen LogP contribution in [-0.4, -0.2) is 37.3 Å². The minimum absolute atomic E-state index is 0.0783. The molecular formula is C18H16F3N5O2. The van der Waals surface area contributed by atoms with Crippen LogP contribution < -0.4 is 5.32 Å². The number of carboxylic acids is 1. The molecule has 3 aromatic rings. The Morgan fingerprint density at radius 3 is 2.82 bits per heavy atom. The number of aliphatic carboxylic acids is 1. The standard InChI is InChI=1S/C18H16F3N5O2/c19-9-5-11-14(25-26-16(11)22-7-9)15-12(20)6-13(21)17(24-15)23-10-3-1-2-8(4-10)18(27)28/h5-8,10H,1-4H2,(H,23,24)(H,27,28)(H,22,25,26)/t8-,10+/m1/s1. The molecule has 1 aliphatic carbocycles. The van der Waals surface area contributed by atoms with Gasteiger partial charge in [0.2, 0.25) is 0 Å². The van der Waals surface area contributed by atoms with Crippen molar-refractivity contribution in [3.05, 3.63) is 35.8 Å². The molecule has 146 valence electrons. The Hall–Kier alpha value is -3.17. The Morgan fingerprint density at radius 1 is 1.21 bits per heavy atom. The van der Waals surface area contributed by atoms with Gasteiger partial charge < -0.3 is 10.4 Å². The first-order valence-electron chi connectivity index (χ1n) is 8.77. The van der Waals surface area contributed by atoms with Crippen LogP contribution in [0.4, 0.5) is 19.0 Å². The number of halogens is 3. The van der Waals surface area contributed by atoms with Crippen LogP contribution in [-0.2, 0) is 4.79 Å². The number of anilines is 1. The predicted octanol–water partition coefficient (Wildman–Crippen LogP) is 3.49. The fraction of sp³-hybridized carbons (Fsp3) is 0.333. The van der Waals surface area contributed by atoms with Crippen LogP contribution in [0.1, 0.15) is 25.7 Å². The van der Waals surface area contributed by atoms with E-state index in [1.54, 1.807) is 0 Å². The lowest BCUT2D eigenvalue weighted by Crippen LogP contribution is -2.31. The van der Waals surface area contributed by atoms with Crippen molar-refractivity contribution in [1.29, 1.82) is 0 Å². The highest BCUT2D eigenvalue weighted by atomic mass is 19.1. The molecule has 3 N–H and O–H groups in total. The fourth-order valence-corrected chi connectivity index (χ4v) is 3.54. The molecule has 0 bridgehead atoms. The van der Waals surface area contributed by atoms with E-state index in [9.17, 15) is 23.1 Å². The van der Waals surface area contributed by atoms with Crippen LogP contribution >= 0.6 is 0 Å². The summed E-state index contributed by atoms with van der Waals surface area (Å²) in [5, 5.41) is 18.7. The smallest absolute Gasteiger partial charge is 0.306 e. The molecule has 0 saturated heterocycles. The largest absolute Gasteiger partial charge is 0.481 e. The van der Waals surface area contributed by atoms with Gasteiger partial charge in [0.05, 0.1) is 23.2 Å². The second-order valence-electron chi connectivity index (χ2n) is 6.82. The Kier molecular flexibility index (Phi) is 4.62. The number of hydrogen-bond acceptors (Lipinski definition) is 5. The molecule has 4 rings (SSSR count). The summed E-state index contributed by atoms with van der Waals surface area (Å²) in [5.74, 6) is -4.06. The maximum absolute atomic E-state index is 14.4. The number of carboxylic acid groups (broad SMARTS) is 1. The summed E-state index contributed by atoms with van der Waals surface area (Å²) in [5.41, 5.74) is 0.0204. The van der Waals surface area contributed by atoms with Crippen molar-refractivity contribution in [3.8, 4) is 11.4 Å². The third-order valence-electron chi connectivity index (χ3n) is 4.91. The van der Waals surface area contributed by atoms with E-state index in [0.717, 1.165) is 12.3 Å². The highest BCUT2D eigenvalue weighted by Crippen LogP contribution is 2.31. The average Bonchev–Trinajstić information content (AvgIpc) is 3.07. The monoisotopic (exact) mass is 391 g/mol. The Morgan fingerprint density at radius 2 is 2.04 bits per heavy atom. The van der Waals surface area contributed by atoms with Crippen LogP contribution in [0.2, 0.25) is 0 Å². The zero-order valence-corrected chi connectivity index (χ0v) is 14.5. The van der Waals surface area contributed by atoms with E-state index in [0.29, 0.717) is 31.7 Å². The van der Waals surface area contributed by atoms with E-state index in [-0.39, 0.29) is 34.3 Å². The van der Waals surface area contributed by atoms with Gasteiger partial charge in [0.25, 0.3) is 0 Å². The molecule has 0 aliphatic heterocycles. The van der Waals surface area contributed by atoms with Crippen LogP contribution in [0.15, 0.2) is 18.3 Å². The van der Waals surface area contributed by atoms with E-state index in [1.165, 1.54) is 0 Å². The lowest BCUT2D eigenvalue weighted by Gasteiger charge is -2.28. The minimum Gasteiger partial charge on any atom is -0.481 e. The predicted molar refractivity (Wildman–Crippen MR) is 94.0 cm³/mol. The normalized spacial score (nSPS) is 19.7. The van der Waals surface area contributed by atoms with Gasteiger partial charge in [-0.1, -0.05) is 6.42 Å². The van der Waals surface area contributed by atoms with Crippen molar-refractivity contribution in [2.45, 2.75) is 31.7 Å². The second-order valence-corrected chi connectivity index (χ2v) is 6.82. The zero-order chi connectivity index (χ0) is 19.8. The summed E-state index contributed by atoms with van der Waals surface area (Å²) >= 11 is 0. The molecule has 0 amide bonds. The molecule has 1 fully saturated rings. The lowest BCUT2D eigenvalue weighted by molar-refractivity contribution is -0.142. The fourth-order valence-electron chi connectivity index (χ4n) is 3.54. The number of nitrogens with zero attached hydrogens (tertiary/aromatic N) is 3. The van der Waals surface area contributed by atoms with Crippen molar-refractivity contribution in [3.63, 3.8) is 0 Å². The molecule has 3 aromatic heterocycles. The van der Waals surface area contributed by atoms with Gasteiger partial charge in [-0.25, -0.2) is 23.1 Å². The molecule has 28 heavy (non-hydrogen) atoms. The maximum Gasteiger partial charge on any atom is 0.306 e. The first kappa shape index (κ1) is 18.2. The summed E-state index contributed by atoms with van der Waals surface area (Å²) in [6.45, 7) is 0. The molecule has 0 aromatic carbocycles.